The molecular weight excluding hydrogens is 286 g/mol. The molecule has 114 valence electrons. The zero-order valence-electron chi connectivity index (χ0n) is 11.9. The second-order valence-electron chi connectivity index (χ2n) is 4.48. The molecule has 0 spiro atoms. The summed E-state index contributed by atoms with van der Waals surface area (Å²) in [5, 5.41) is 21.7. The van der Waals surface area contributed by atoms with Crippen LogP contribution < -0.4 is 0 Å². The van der Waals surface area contributed by atoms with Gasteiger partial charge in [0.15, 0.2) is 0 Å². The lowest BCUT2D eigenvalue weighted by Crippen LogP contribution is -2.41. The van der Waals surface area contributed by atoms with Crippen molar-refractivity contribution in [3.8, 4) is 5.97 Å². The van der Waals surface area contributed by atoms with Crippen molar-refractivity contribution in [1.29, 1.82) is 5.26 Å². The first-order valence-corrected chi connectivity index (χ1v) is 6.51. The van der Waals surface area contributed by atoms with Crippen molar-refractivity contribution < 1.29 is 23.1 Å². The molecule has 0 saturated carbocycles. The summed E-state index contributed by atoms with van der Waals surface area (Å²) in [5.41, 5.74) is 0.264. The highest BCUT2D eigenvalue weighted by Gasteiger charge is 2.50. The van der Waals surface area contributed by atoms with Gasteiger partial charge in [0.05, 0.1) is 11.5 Å². The molecule has 1 unspecified atom stereocenters. The van der Waals surface area contributed by atoms with Gasteiger partial charge < -0.3 is 5.11 Å². The van der Waals surface area contributed by atoms with Gasteiger partial charge in [-0.15, -0.1) is 0 Å². The Morgan fingerprint density at radius 1 is 1.52 bits per heavy atom. The molecule has 0 fully saturated rings. The zero-order valence-corrected chi connectivity index (χ0v) is 11.9. The van der Waals surface area contributed by atoms with Crippen molar-refractivity contribution in [2.24, 2.45) is 0 Å². The number of nitriles is 1. The van der Waals surface area contributed by atoms with E-state index in [1.165, 1.54) is 6.92 Å². The quantitative estimate of drug-likeness (QED) is 0.808. The molecule has 9 heteroatoms. The number of carboxylic acid groups (broad SMARTS) is 1. The number of alkyl halides is 3. The SMILES string of the molecule is CC.Cc1nn2c(c1C(=O)O)CB(C#N)C(C(F)(F)F)C2. The van der Waals surface area contributed by atoms with Crippen LogP contribution in [-0.2, 0) is 12.9 Å². The molecule has 2 heterocycles. The standard InChI is InChI=1S/C10H9BF3N3O2.C2H6/c1-5-8(9(18)19)6-2-11(4-15)7(10(12,13)14)3-17(6)16-5;1-2/h7H,2-3H2,1H3,(H,18,19);1-2H3. The zero-order chi connectivity index (χ0) is 16.4. The van der Waals surface area contributed by atoms with Crippen LogP contribution >= 0.6 is 0 Å². The van der Waals surface area contributed by atoms with Crippen LogP contribution in [0.3, 0.4) is 0 Å². The molecule has 0 aliphatic carbocycles. The number of aryl methyl sites for hydroxylation is 1. The summed E-state index contributed by atoms with van der Waals surface area (Å²) in [6.45, 7) is 3.64. The van der Waals surface area contributed by atoms with Crippen molar-refractivity contribution in [3.63, 3.8) is 0 Å². The number of fused-ring (bicyclic) bond motifs is 1. The molecule has 2 rings (SSSR count). The Morgan fingerprint density at radius 3 is 2.52 bits per heavy atom. The molecule has 0 saturated heterocycles. The minimum Gasteiger partial charge on any atom is -0.478 e. The van der Waals surface area contributed by atoms with E-state index in [1.807, 2.05) is 13.8 Å². The minimum absolute atomic E-state index is 0.0964. The fourth-order valence-electron chi connectivity index (χ4n) is 2.40. The molecule has 1 aromatic rings. The molecule has 1 atom stereocenters. The van der Waals surface area contributed by atoms with Crippen LogP contribution in [0.2, 0.25) is 5.82 Å². The number of hydrogen-bond donors (Lipinski definition) is 1. The van der Waals surface area contributed by atoms with E-state index in [2.05, 4.69) is 5.10 Å². The van der Waals surface area contributed by atoms with E-state index in [4.69, 9.17) is 10.4 Å². The lowest BCUT2D eigenvalue weighted by atomic mass is 9.38. The van der Waals surface area contributed by atoms with Gasteiger partial charge in [-0.25, -0.2) is 10.1 Å². The van der Waals surface area contributed by atoms with Crippen LogP contribution in [-0.4, -0.2) is 33.7 Å². The van der Waals surface area contributed by atoms with Crippen LogP contribution in [0.15, 0.2) is 0 Å². The highest BCUT2D eigenvalue weighted by Crippen LogP contribution is 2.39. The maximum Gasteiger partial charge on any atom is 0.388 e. The van der Waals surface area contributed by atoms with Gasteiger partial charge in [-0.05, 0) is 13.2 Å². The number of nitrogens with zero attached hydrogens (tertiary/aromatic N) is 3. The van der Waals surface area contributed by atoms with E-state index < -0.39 is 31.2 Å². The molecule has 1 aromatic heterocycles. The summed E-state index contributed by atoms with van der Waals surface area (Å²) < 4.78 is 39.5. The van der Waals surface area contributed by atoms with Gasteiger partial charge in [0.2, 0.25) is 0 Å². The van der Waals surface area contributed by atoms with E-state index in [-0.39, 0.29) is 23.3 Å². The lowest BCUT2D eigenvalue weighted by Gasteiger charge is -2.27. The number of aromatic nitrogens is 2. The molecule has 5 nitrogen and oxygen atoms in total. The highest BCUT2D eigenvalue weighted by molar-refractivity contribution is 6.68. The first-order valence-electron chi connectivity index (χ1n) is 6.51. The predicted molar refractivity (Wildman–Crippen MR) is 70.1 cm³/mol. The van der Waals surface area contributed by atoms with Crippen molar-refractivity contribution >= 4 is 12.7 Å². The molecule has 21 heavy (non-hydrogen) atoms. The van der Waals surface area contributed by atoms with Gasteiger partial charge in [-0.1, -0.05) is 13.8 Å². The maximum atomic E-state index is 12.8. The average Bonchev–Trinajstić information content (AvgIpc) is 2.73. The molecular formula is C12H15BF3N3O2. The third-order valence-corrected chi connectivity index (χ3v) is 3.30. The van der Waals surface area contributed by atoms with E-state index in [9.17, 15) is 18.0 Å². The predicted octanol–water partition coefficient (Wildman–Crippen LogP) is 2.50. The molecule has 1 N–H and O–H groups in total. The number of carboxylic acids is 1. The fourth-order valence-corrected chi connectivity index (χ4v) is 2.40. The van der Waals surface area contributed by atoms with Crippen LogP contribution in [0.4, 0.5) is 13.2 Å². The second kappa shape index (κ2) is 6.20. The normalized spacial score (nSPS) is 17.4. The molecule has 1 aliphatic rings. The first kappa shape index (κ1) is 17.1. The van der Waals surface area contributed by atoms with Crippen LogP contribution in [0.1, 0.15) is 35.6 Å². The Labute approximate surface area is 120 Å². The molecule has 0 aromatic carbocycles. The molecule has 0 bridgehead atoms. The van der Waals surface area contributed by atoms with Crippen molar-refractivity contribution in [1.82, 2.24) is 9.78 Å². The first-order chi connectivity index (χ1) is 9.75. The van der Waals surface area contributed by atoms with Gasteiger partial charge in [-0.3, -0.25) is 4.68 Å². The van der Waals surface area contributed by atoms with E-state index >= 15 is 0 Å². The second-order valence-corrected chi connectivity index (χ2v) is 4.48. The minimum atomic E-state index is -4.50. The third-order valence-electron chi connectivity index (χ3n) is 3.30. The smallest absolute Gasteiger partial charge is 0.388 e. The summed E-state index contributed by atoms with van der Waals surface area (Å²) in [6, 6.07) is 0. The summed E-state index contributed by atoms with van der Waals surface area (Å²) in [6.07, 6.45) is -4.75. The Morgan fingerprint density at radius 2 is 2.10 bits per heavy atom. The van der Waals surface area contributed by atoms with Gasteiger partial charge in [0, 0.05) is 18.2 Å². The van der Waals surface area contributed by atoms with E-state index in [0.29, 0.717) is 0 Å². The summed E-state index contributed by atoms with van der Waals surface area (Å²) >= 11 is 0. The summed E-state index contributed by atoms with van der Waals surface area (Å²) in [5.74, 6) is -1.43. The van der Waals surface area contributed by atoms with Gasteiger partial charge in [0.25, 0.3) is 6.71 Å². The Hall–Kier alpha value is -1.98. The van der Waals surface area contributed by atoms with Gasteiger partial charge in [0.1, 0.15) is 5.56 Å². The lowest BCUT2D eigenvalue weighted by molar-refractivity contribution is -0.138. The van der Waals surface area contributed by atoms with E-state index in [0.717, 1.165) is 4.68 Å². The van der Waals surface area contributed by atoms with Gasteiger partial charge >= 0.3 is 12.1 Å². The Bertz CT molecular complexity index is 578. The fraction of sp³-hybridized carbons (Fsp3) is 0.583. The summed E-state index contributed by atoms with van der Waals surface area (Å²) in [4.78, 5) is 11.1. The monoisotopic (exact) mass is 301 g/mol. The van der Waals surface area contributed by atoms with Crippen molar-refractivity contribution in [2.45, 2.75) is 45.6 Å². The van der Waals surface area contributed by atoms with Crippen LogP contribution in [0, 0.1) is 18.2 Å². The maximum absolute atomic E-state index is 12.8. The summed E-state index contributed by atoms with van der Waals surface area (Å²) in [7, 11) is 0. The Kier molecular flexibility index (Phi) is 5.04. The molecule has 0 amide bonds. The van der Waals surface area contributed by atoms with Crippen LogP contribution in [0.25, 0.3) is 0 Å². The van der Waals surface area contributed by atoms with Crippen molar-refractivity contribution in [2.75, 3.05) is 0 Å². The Balaban J connectivity index is 0.00000106. The van der Waals surface area contributed by atoms with E-state index in [1.54, 1.807) is 5.97 Å². The van der Waals surface area contributed by atoms with Gasteiger partial charge in [-0.2, -0.15) is 18.3 Å². The number of carbonyl (C=O) groups is 1. The number of hydrogen-bond acceptors (Lipinski definition) is 3. The average molecular weight is 301 g/mol. The van der Waals surface area contributed by atoms with Crippen LogP contribution in [0.5, 0.6) is 0 Å². The largest absolute Gasteiger partial charge is 0.478 e. The molecule has 1 aliphatic heterocycles. The molecule has 0 radical (unpaired) electrons. The number of halogens is 3. The highest BCUT2D eigenvalue weighted by atomic mass is 19.4. The topological polar surface area (TPSA) is 78.9 Å². The number of aromatic carboxylic acids is 1. The van der Waals surface area contributed by atoms with Crippen molar-refractivity contribution in [3.05, 3.63) is 17.0 Å². The number of rotatable bonds is 1. The third kappa shape index (κ3) is 3.20.